The Morgan fingerprint density at radius 2 is 2.12 bits per heavy atom. The summed E-state index contributed by atoms with van der Waals surface area (Å²) < 4.78 is 0. The van der Waals surface area contributed by atoms with Crippen LogP contribution in [0.25, 0.3) is 0 Å². The molecule has 1 atom stereocenters. The Morgan fingerprint density at radius 1 is 1.32 bits per heavy atom. The second-order valence-electron chi connectivity index (χ2n) is 7.34. The van der Waals surface area contributed by atoms with Gasteiger partial charge in [-0.05, 0) is 54.0 Å². The minimum atomic E-state index is -0.0461. The molecule has 132 valence electrons. The number of nitrogens with zero attached hydrogens (tertiary/aromatic N) is 2. The molecule has 3 rings (SSSR count). The van der Waals surface area contributed by atoms with Crippen molar-refractivity contribution in [3.63, 3.8) is 0 Å². The van der Waals surface area contributed by atoms with Gasteiger partial charge >= 0.3 is 6.03 Å². The average molecular weight is 337 g/mol. The highest BCUT2D eigenvalue weighted by Crippen LogP contribution is 2.33. The van der Waals surface area contributed by atoms with Gasteiger partial charge in [0, 0.05) is 13.2 Å². The van der Waals surface area contributed by atoms with Gasteiger partial charge in [0.1, 0.15) is 0 Å². The molecule has 0 bridgehead atoms. The maximum Gasteiger partial charge on any atom is 0.317 e. The molecule has 0 aliphatic heterocycles. The fourth-order valence-electron chi connectivity index (χ4n) is 3.30. The molecule has 1 aliphatic carbocycles. The van der Waals surface area contributed by atoms with E-state index in [9.17, 15) is 4.79 Å². The summed E-state index contributed by atoms with van der Waals surface area (Å²) in [7, 11) is 1.82. The molecule has 0 radical (unpaired) electrons. The van der Waals surface area contributed by atoms with E-state index in [1.807, 2.05) is 32.3 Å². The maximum atomic E-state index is 12.6. The van der Waals surface area contributed by atoms with Crippen molar-refractivity contribution in [3.05, 3.63) is 64.5 Å². The van der Waals surface area contributed by atoms with E-state index in [0.29, 0.717) is 12.5 Å². The number of benzene rings is 1. The topological polar surface area (TPSA) is 45.2 Å². The highest BCUT2D eigenvalue weighted by atomic mass is 16.2. The zero-order chi connectivity index (χ0) is 18.0. The van der Waals surface area contributed by atoms with E-state index >= 15 is 0 Å². The van der Waals surface area contributed by atoms with Crippen molar-refractivity contribution >= 4 is 6.03 Å². The van der Waals surface area contributed by atoms with Gasteiger partial charge in [-0.2, -0.15) is 0 Å². The SMILES string of the molecule is Cc1ccc(CN(C)C(=O)N[C@H]2CCc3ccc(C(C)C)cc32)nc1. The fraction of sp³-hybridized carbons (Fsp3) is 0.429. The Morgan fingerprint density at radius 3 is 2.80 bits per heavy atom. The molecule has 4 heteroatoms. The number of aromatic nitrogens is 1. The summed E-state index contributed by atoms with van der Waals surface area (Å²) >= 11 is 0. The summed E-state index contributed by atoms with van der Waals surface area (Å²) in [6, 6.07) is 10.7. The zero-order valence-corrected chi connectivity index (χ0v) is 15.5. The molecular formula is C21H27N3O. The minimum Gasteiger partial charge on any atom is -0.331 e. The average Bonchev–Trinajstić information content (AvgIpc) is 2.99. The van der Waals surface area contributed by atoms with Crippen LogP contribution in [0.3, 0.4) is 0 Å². The monoisotopic (exact) mass is 337 g/mol. The third kappa shape index (κ3) is 4.01. The lowest BCUT2D eigenvalue weighted by Crippen LogP contribution is -2.38. The highest BCUT2D eigenvalue weighted by Gasteiger charge is 2.25. The van der Waals surface area contributed by atoms with Crippen molar-refractivity contribution in [1.29, 1.82) is 0 Å². The van der Waals surface area contributed by atoms with Gasteiger partial charge in [-0.3, -0.25) is 4.98 Å². The zero-order valence-electron chi connectivity index (χ0n) is 15.5. The number of hydrogen-bond acceptors (Lipinski definition) is 2. The quantitative estimate of drug-likeness (QED) is 0.902. The predicted molar refractivity (Wildman–Crippen MR) is 101 cm³/mol. The first kappa shape index (κ1) is 17.5. The van der Waals surface area contributed by atoms with Gasteiger partial charge in [0.15, 0.2) is 0 Å². The molecule has 1 N–H and O–H groups in total. The number of fused-ring (bicyclic) bond motifs is 1. The molecule has 1 aliphatic rings. The first-order valence-electron chi connectivity index (χ1n) is 9.00. The molecule has 1 aromatic carbocycles. The van der Waals surface area contributed by atoms with E-state index < -0.39 is 0 Å². The van der Waals surface area contributed by atoms with Crippen LogP contribution in [-0.4, -0.2) is 23.0 Å². The molecule has 4 nitrogen and oxygen atoms in total. The second kappa shape index (κ2) is 7.26. The van der Waals surface area contributed by atoms with E-state index in [-0.39, 0.29) is 12.1 Å². The Balaban J connectivity index is 1.66. The Hall–Kier alpha value is -2.36. The van der Waals surface area contributed by atoms with Crippen LogP contribution in [0.5, 0.6) is 0 Å². The molecule has 1 heterocycles. The molecule has 0 fully saturated rings. The Bertz CT molecular complexity index is 752. The smallest absolute Gasteiger partial charge is 0.317 e. The second-order valence-corrected chi connectivity index (χ2v) is 7.34. The number of rotatable bonds is 4. The third-order valence-corrected chi connectivity index (χ3v) is 4.93. The van der Waals surface area contributed by atoms with Crippen LogP contribution >= 0.6 is 0 Å². The molecule has 0 saturated heterocycles. The molecule has 2 amide bonds. The van der Waals surface area contributed by atoms with Gasteiger partial charge < -0.3 is 10.2 Å². The van der Waals surface area contributed by atoms with Crippen molar-refractivity contribution < 1.29 is 4.79 Å². The first-order valence-corrected chi connectivity index (χ1v) is 9.00. The number of pyridine rings is 1. The van der Waals surface area contributed by atoms with Gasteiger partial charge in [0.2, 0.25) is 0 Å². The lowest BCUT2D eigenvalue weighted by Gasteiger charge is -2.22. The van der Waals surface area contributed by atoms with Crippen molar-refractivity contribution in [2.24, 2.45) is 0 Å². The molecule has 0 unspecified atom stereocenters. The van der Waals surface area contributed by atoms with Crippen LogP contribution in [0.15, 0.2) is 36.5 Å². The number of carbonyl (C=O) groups is 1. The van der Waals surface area contributed by atoms with Crippen molar-refractivity contribution in [2.75, 3.05) is 7.05 Å². The number of urea groups is 1. The van der Waals surface area contributed by atoms with Crippen LogP contribution in [0.2, 0.25) is 0 Å². The van der Waals surface area contributed by atoms with Crippen molar-refractivity contribution in [1.82, 2.24) is 15.2 Å². The maximum absolute atomic E-state index is 12.6. The van der Waals surface area contributed by atoms with E-state index in [1.165, 1.54) is 16.7 Å². The normalized spacial score (nSPS) is 16.0. The van der Waals surface area contributed by atoms with Gasteiger partial charge in [-0.15, -0.1) is 0 Å². The van der Waals surface area contributed by atoms with Gasteiger partial charge in [-0.25, -0.2) is 4.79 Å². The van der Waals surface area contributed by atoms with Crippen LogP contribution < -0.4 is 5.32 Å². The number of amides is 2. The molecular weight excluding hydrogens is 310 g/mol. The molecule has 2 aromatic rings. The van der Waals surface area contributed by atoms with Crippen molar-refractivity contribution in [2.45, 2.75) is 52.1 Å². The summed E-state index contributed by atoms with van der Waals surface area (Å²) in [6.07, 6.45) is 3.84. The lowest BCUT2D eigenvalue weighted by molar-refractivity contribution is 0.202. The minimum absolute atomic E-state index is 0.0461. The van der Waals surface area contributed by atoms with Crippen LogP contribution in [0, 0.1) is 6.92 Å². The number of nitrogens with one attached hydrogen (secondary N) is 1. The van der Waals surface area contributed by atoms with E-state index in [2.05, 4.69) is 42.3 Å². The van der Waals surface area contributed by atoms with Crippen molar-refractivity contribution in [3.8, 4) is 0 Å². The fourth-order valence-corrected chi connectivity index (χ4v) is 3.30. The Labute approximate surface area is 150 Å². The highest BCUT2D eigenvalue weighted by molar-refractivity contribution is 5.74. The summed E-state index contributed by atoms with van der Waals surface area (Å²) in [5.74, 6) is 0.498. The van der Waals surface area contributed by atoms with E-state index in [4.69, 9.17) is 0 Å². The standard InChI is InChI=1S/C21H27N3O/c1-14(2)17-7-6-16-8-10-20(19(16)11-17)23-21(25)24(4)13-18-9-5-15(3)12-22-18/h5-7,9,11-12,14,20H,8,10,13H2,1-4H3,(H,23,25)/t20-/m0/s1. The van der Waals surface area contributed by atoms with Crippen LogP contribution in [-0.2, 0) is 13.0 Å². The van der Waals surface area contributed by atoms with Gasteiger partial charge in [-0.1, -0.05) is 38.1 Å². The van der Waals surface area contributed by atoms with Gasteiger partial charge in [0.25, 0.3) is 0 Å². The molecule has 0 saturated carbocycles. The van der Waals surface area contributed by atoms with E-state index in [0.717, 1.165) is 24.1 Å². The summed E-state index contributed by atoms with van der Waals surface area (Å²) in [5.41, 5.74) is 5.99. The molecule has 0 spiro atoms. The Kier molecular flexibility index (Phi) is 5.07. The third-order valence-electron chi connectivity index (χ3n) is 4.93. The van der Waals surface area contributed by atoms with Gasteiger partial charge in [0.05, 0.1) is 18.3 Å². The largest absolute Gasteiger partial charge is 0.331 e. The first-order chi connectivity index (χ1) is 11.9. The summed E-state index contributed by atoms with van der Waals surface area (Å²) in [5, 5.41) is 3.19. The molecule has 25 heavy (non-hydrogen) atoms. The summed E-state index contributed by atoms with van der Waals surface area (Å²) in [6.45, 7) is 6.92. The number of hydrogen-bond donors (Lipinski definition) is 1. The van der Waals surface area contributed by atoms with E-state index in [1.54, 1.807) is 4.90 Å². The summed E-state index contributed by atoms with van der Waals surface area (Å²) in [4.78, 5) is 18.7. The lowest BCUT2D eigenvalue weighted by atomic mass is 9.97. The number of carbonyl (C=O) groups excluding carboxylic acids is 1. The number of aryl methyl sites for hydroxylation is 2. The van der Waals surface area contributed by atoms with Crippen LogP contribution in [0.1, 0.15) is 60.2 Å². The molecule has 1 aromatic heterocycles. The van der Waals surface area contributed by atoms with Crippen LogP contribution in [0.4, 0.5) is 4.79 Å². The predicted octanol–water partition coefficient (Wildman–Crippen LogP) is 4.34.